The normalized spacial score (nSPS) is 16.6. The highest BCUT2D eigenvalue weighted by atomic mass is 127. The summed E-state index contributed by atoms with van der Waals surface area (Å²) < 4.78 is 17.1. The first-order valence-electron chi connectivity index (χ1n) is 10.5. The van der Waals surface area contributed by atoms with Crippen LogP contribution in [-0.2, 0) is 16.0 Å². The van der Waals surface area contributed by atoms with E-state index in [-0.39, 0.29) is 30.1 Å². The molecule has 0 amide bonds. The van der Waals surface area contributed by atoms with Crippen LogP contribution in [0.1, 0.15) is 44.7 Å². The Kier molecular flexibility index (Phi) is 13.3. The number of guanidine groups is 1. The SMILES string of the molecule is CCNC(=NCc1ccc(C)cc1OC(C)C)NCCCOCC1CCOC1.I. The Hall–Kier alpha value is -1.06. The Bertz CT molecular complexity index is 605. The van der Waals surface area contributed by atoms with Crippen LogP contribution < -0.4 is 15.4 Å². The monoisotopic (exact) mass is 519 g/mol. The van der Waals surface area contributed by atoms with Crippen LogP contribution in [0.2, 0.25) is 0 Å². The molecule has 0 bridgehead atoms. The molecular formula is C22H38IN3O3. The van der Waals surface area contributed by atoms with Crippen molar-refractivity contribution in [3.8, 4) is 5.75 Å². The third-order valence-electron chi connectivity index (χ3n) is 4.47. The highest BCUT2D eigenvalue weighted by molar-refractivity contribution is 14.0. The van der Waals surface area contributed by atoms with Gasteiger partial charge < -0.3 is 24.8 Å². The van der Waals surface area contributed by atoms with E-state index in [1.165, 1.54) is 5.56 Å². The molecule has 2 rings (SSSR count). The molecule has 1 fully saturated rings. The molecule has 0 spiro atoms. The topological polar surface area (TPSA) is 64.1 Å². The molecule has 166 valence electrons. The van der Waals surface area contributed by atoms with Gasteiger partial charge in [-0.1, -0.05) is 12.1 Å². The van der Waals surface area contributed by atoms with Gasteiger partial charge in [0, 0.05) is 37.8 Å². The minimum absolute atomic E-state index is 0. The minimum Gasteiger partial charge on any atom is -0.491 e. The molecule has 0 radical (unpaired) electrons. The van der Waals surface area contributed by atoms with Crippen LogP contribution in [0.4, 0.5) is 0 Å². The van der Waals surface area contributed by atoms with E-state index in [2.05, 4.69) is 42.7 Å². The van der Waals surface area contributed by atoms with Crippen LogP contribution >= 0.6 is 24.0 Å². The molecule has 6 nitrogen and oxygen atoms in total. The largest absolute Gasteiger partial charge is 0.491 e. The van der Waals surface area contributed by atoms with E-state index < -0.39 is 0 Å². The van der Waals surface area contributed by atoms with Crippen LogP contribution in [0.25, 0.3) is 0 Å². The molecule has 7 heteroatoms. The van der Waals surface area contributed by atoms with E-state index in [4.69, 9.17) is 19.2 Å². The van der Waals surface area contributed by atoms with Gasteiger partial charge in [0.2, 0.25) is 0 Å². The second kappa shape index (κ2) is 14.8. The van der Waals surface area contributed by atoms with Crippen LogP contribution in [0.5, 0.6) is 5.75 Å². The van der Waals surface area contributed by atoms with Gasteiger partial charge in [0.05, 0.1) is 25.9 Å². The lowest BCUT2D eigenvalue weighted by Crippen LogP contribution is -2.38. The molecular weight excluding hydrogens is 481 g/mol. The number of aryl methyl sites for hydroxylation is 1. The maximum atomic E-state index is 5.95. The molecule has 1 aliphatic heterocycles. The average molecular weight is 519 g/mol. The van der Waals surface area contributed by atoms with Crippen LogP contribution in [0, 0.1) is 12.8 Å². The molecule has 1 heterocycles. The fourth-order valence-corrected chi connectivity index (χ4v) is 3.01. The molecule has 1 saturated heterocycles. The van der Waals surface area contributed by atoms with Crippen molar-refractivity contribution in [3.05, 3.63) is 29.3 Å². The first-order chi connectivity index (χ1) is 13.6. The number of halogens is 1. The molecule has 0 aromatic heterocycles. The van der Waals surface area contributed by atoms with E-state index >= 15 is 0 Å². The van der Waals surface area contributed by atoms with E-state index in [9.17, 15) is 0 Å². The van der Waals surface area contributed by atoms with Crippen LogP contribution in [0.15, 0.2) is 23.2 Å². The summed E-state index contributed by atoms with van der Waals surface area (Å²) in [6.45, 7) is 13.8. The molecule has 2 N–H and O–H groups in total. The lowest BCUT2D eigenvalue weighted by Gasteiger charge is -2.15. The first kappa shape index (κ1) is 26.0. The molecule has 29 heavy (non-hydrogen) atoms. The van der Waals surface area contributed by atoms with E-state index in [0.29, 0.717) is 12.5 Å². The second-order valence-electron chi connectivity index (χ2n) is 7.56. The summed E-state index contributed by atoms with van der Waals surface area (Å²) in [5, 5.41) is 6.69. The maximum absolute atomic E-state index is 5.95. The highest BCUT2D eigenvalue weighted by Gasteiger charge is 2.15. The van der Waals surface area contributed by atoms with Crippen molar-refractivity contribution in [2.75, 3.05) is 39.5 Å². The van der Waals surface area contributed by atoms with Crippen LogP contribution in [-0.4, -0.2) is 51.6 Å². The quantitative estimate of drug-likeness (QED) is 0.201. The van der Waals surface area contributed by atoms with Gasteiger partial charge in [0.1, 0.15) is 5.75 Å². The zero-order valence-corrected chi connectivity index (χ0v) is 20.7. The van der Waals surface area contributed by atoms with Gasteiger partial charge in [-0.05, 0) is 52.2 Å². The molecule has 1 aliphatic rings. The molecule has 1 aromatic carbocycles. The van der Waals surface area contributed by atoms with E-state index in [1.54, 1.807) is 0 Å². The van der Waals surface area contributed by atoms with Crippen molar-refractivity contribution in [1.29, 1.82) is 0 Å². The zero-order chi connectivity index (χ0) is 20.2. The maximum Gasteiger partial charge on any atom is 0.191 e. The summed E-state index contributed by atoms with van der Waals surface area (Å²) in [5.74, 6) is 2.31. The van der Waals surface area contributed by atoms with Gasteiger partial charge in [0.25, 0.3) is 0 Å². The number of ether oxygens (including phenoxy) is 3. The van der Waals surface area contributed by atoms with Gasteiger partial charge in [-0.2, -0.15) is 0 Å². The molecule has 1 aromatic rings. The number of hydrogen-bond acceptors (Lipinski definition) is 4. The summed E-state index contributed by atoms with van der Waals surface area (Å²) in [4.78, 5) is 4.72. The molecule has 1 atom stereocenters. The van der Waals surface area contributed by atoms with Crippen LogP contribution in [0.3, 0.4) is 0 Å². The number of rotatable bonds is 11. The van der Waals surface area contributed by atoms with Crippen molar-refractivity contribution in [3.63, 3.8) is 0 Å². The Morgan fingerprint density at radius 2 is 2.14 bits per heavy atom. The summed E-state index contributed by atoms with van der Waals surface area (Å²) in [5.41, 5.74) is 2.29. The first-order valence-corrected chi connectivity index (χ1v) is 10.5. The Balaban J connectivity index is 0.00000420. The van der Waals surface area contributed by atoms with Crippen molar-refractivity contribution in [2.45, 2.75) is 53.2 Å². The smallest absolute Gasteiger partial charge is 0.191 e. The summed E-state index contributed by atoms with van der Waals surface area (Å²) in [7, 11) is 0. The molecule has 0 aliphatic carbocycles. The number of benzene rings is 1. The number of nitrogens with one attached hydrogen (secondary N) is 2. The summed E-state index contributed by atoms with van der Waals surface area (Å²) in [6, 6.07) is 6.28. The molecule has 0 saturated carbocycles. The van der Waals surface area contributed by atoms with Gasteiger partial charge >= 0.3 is 0 Å². The molecule has 1 unspecified atom stereocenters. The van der Waals surface area contributed by atoms with Crippen molar-refractivity contribution in [2.24, 2.45) is 10.9 Å². The van der Waals surface area contributed by atoms with E-state index in [1.807, 2.05) is 13.8 Å². The lowest BCUT2D eigenvalue weighted by molar-refractivity contribution is 0.0888. The van der Waals surface area contributed by atoms with E-state index in [0.717, 1.165) is 69.6 Å². The zero-order valence-electron chi connectivity index (χ0n) is 18.3. The highest BCUT2D eigenvalue weighted by Crippen LogP contribution is 2.22. The Morgan fingerprint density at radius 1 is 1.31 bits per heavy atom. The van der Waals surface area contributed by atoms with Gasteiger partial charge in [-0.15, -0.1) is 24.0 Å². The van der Waals surface area contributed by atoms with Crippen molar-refractivity contribution >= 4 is 29.9 Å². The standard InChI is InChI=1S/C22H37N3O3.HI/c1-5-23-22(24-10-6-11-26-15-19-9-12-27-16-19)25-14-20-8-7-18(4)13-21(20)28-17(2)3;/h7-8,13,17,19H,5-6,9-12,14-16H2,1-4H3,(H2,23,24,25);1H. The predicted molar refractivity (Wildman–Crippen MR) is 130 cm³/mol. The fraction of sp³-hybridized carbons (Fsp3) is 0.682. The van der Waals surface area contributed by atoms with Gasteiger partial charge in [-0.25, -0.2) is 4.99 Å². The second-order valence-corrected chi connectivity index (χ2v) is 7.56. The Labute approximate surface area is 193 Å². The summed E-state index contributed by atoms with van der Waals surface area (Å²) >= 11 is 0. The van der Waals surface area contributed by atoms with Crippen molar-refractivity contribution < 1.29 is 14.2 Å². The third-order valence-corrected chi connectivity index (χ3v) is 4.47. The number of aliphatic imine (C=N–C) groups is 1. The number of hydrogen-bond donors (Lipinski definition) is 2. The predicted octanol–water partition coefficient (Wildman–Crippen LogP) is 3.90. The number of nitrogens with zero attached hydrogens (tertiary/aromatic N) is 1. The van der Waals surface area contributed by atoms with Gasteiger partial charge in [0.15, 0.2) is 5.96 Å². The average Bonchev–Trinajstić information content (AvgIpc) is 3.16. The fourth-order valence-electron chi connectivity index (χ4n) is 3.01. The third kappa shape index (κ3) is 10.5. The van der Waals surface area contributed by atoms with Crippen molar-refractivity contribution in [1.82, 2.24) is 10.6 Å². The Morgan fingerprint density at radius 3 is 2.83 bits per heavy atom. The summed E-state index contributed by atoms with van der Waals surface area (Å²) in [6.07, 6.45) is 2.22. The van der Waals surface area contributed by atoms with Gasteiger partial charge in [-0.3, -0.25) is 0 Å². The minimum atomic E-state index is 0. The lowest BCUT2D eigenvalue weighted by atomic mass is 10.1.